The predicted octanol–water partition coefficient (Wildman–Crippen LogP) is 6.97. The molecule has 3 aliphatic rings. The summed E-state index contributed by atoms with van der Waals surface area (Å²) in [4.78, 5) is 0. The van der Waals surface area contributed by atoms with E-state index in [0.29, 0.717) is 28.9 Å². The van der Waals surface area contributed by atoms with Crippen molar-refractivity contribution in [1.82, 2.24) is 0 Å². The molecule has 0 aromatic carbocycles. The smallest absolute Gasteiger partial charge is 0.0970 e. The summed E-state index contributed by atoms with van der Waals surface area (Å²) in [5, 5.41) is 10.9. The highest BCUT2D eigenvalue weighted by atomic mass is 16.3. The Morgan fingerprint density at radius 3 is 2.54 bits per heavy atom. The molecule has 4 unspecified atom stereocenters. The second-order valence-corrected chi connectivity index (χ2v) is 9.58. The summed E-state index contributed by atoms with van der Waals surface area (Å²) in [6, 6.07) is 0. The van der Waals surface area contributed by atoms with Crippen LogP contribution in [0.1, 0.15) is 80.1 Å². The van der Waals surface area contributed by atoms with E-state index >= 15 is 0 Å². The van der Waals surface area contributed by atoms with Crippen LogP contribution >= 0.6 is 0 Å². The van der Waals surface area contributed by atoms with Gasteiger partial charge < -0.3 is 5.11 Å². The second-order valence-electron chi connectivity index (χ2n) is 9.58. The van der Waals surface area contributed by atoms with E-state index in [2.05, 4.69) is 53.7 Å². The van der Waals surface area contributed by atoms with E-state index in [0.717, 1.165) is 18.4 Å². The zero-order valence-corrected chi connectivity index (χ0v) is 16.6. The zero-order valence-electron chi connectivity index (χ0n) is 16.6. The Bertz CT molecular complexity index is 602. The predicted molar refractivity (Wildman–Crippen MR) is 103 cm³/mol. The van der Waals surface area contributed by atoms with Gasteiger partial charge in [-0.25, -0.2) is 0 Å². The van der Waals surface area contributed by atoms with Crippen LogP contribution in [0, 0.1) is 28.6 Å². The lowest BCUT2D eigenvalue weighted by Crippen LogP contribution is -2.51. The summed E-state index contributed by atoms with van der Waals surface area (Å²) < 4.78 is 0. The fraction of sp³-hybridized carbons (Fsp3) is 0.739. The van der Waals surface area contributed by atoms with Gasteiger partial charge >= 0.3 is 0 Å². The molecule has 0 amide bonds. The van der Waals surface area contributed by atoms with Crippen LogP contribution in [0.3, 0.4) is 0 Å². The van der Waals surface area contributed by atoms with Crippen LogP contribution < -0.4 is 0 Å². The quantitative estimate of drug-likeness (QED) is 0.542. The molecule has 0 aromatic heterocycles. The number of aliphatic hydroxyl groups is 1. The lowest BCUT2D eigenvalue weighted by Gasteiger charge is -2.58. The Hall–Kier alpha value is -0.980. The summed E-state index contributed by atoms with van der Waals surface area (Å²) in [5.74, 6) is 2.59. The highest BCUT2D eigenvalue weighted by molar-refractivity contribution is 5.36. The fourth-order valence-corrected chi connectivity index (χ4v) is 6.20. The number of rotatable bonds is 2. The van der Waals surface area contributed by atoms with Crippen LogP contribution in [0.2, 0.25) is 0 Å². The van der Waals surface area contributed by atoms with Gasteiger partial charge in [0.15, 0.2) is 0 Å². The van der Waals surface area contributed by atoms with Gasteiger partial charge in [0.05, 0.1) is 5.76 Å². The van der Waals surface area contributed by atoms with E-state index in [1.54, 1.807) is 11.1 Å². The highest BCUT2D eigenvalue weighted by Gasteiger charge is 2.55. The molecule has 24 heavy (non-hydrogen) atoms. The van der Waals surface area contributed by atoms with Gasteiger partial charge in [0, 0.05) is 5.41 Å². The largest absolute Gasteiger partial charge is 0.512 e. The standard InChI is InChI=1S/C23H36O/c1-15(2)17-8-10-19-18(14-17)9-11-20-22(19,5)12-7-13-23(20,6)21(24)16(3)4/h9,14-15,19-20,24H,7-8,10-13H2,1-6H3. The number of hydrogen-bond acceptors (Lipinski definition) is 1. The first-order valence-corrected chi connectivity index (χ1v) is 9.97. The summed E-state index contributed by atoms with van der Waals surface area (Å²) in [6.45, 7) is 13.6. The number of aliphatic hydroxyl groups excluding tert-OH is 1. The normalized spacial score (nSPS) is 38.8. The van der Waals surface area contributed by atoms with Gasteiger partial charge in [-0.3, -0.25) is 0 Å². The van der Waals surface area contributed by atoms with Crippen molar-refractivity contribution in [2.24, 2.45) is 28.6 Å². The number of allylic oxidation sites excluding steroid dienone is 6. The van der Waals surface area contributed by atoms with Crippen molar-refractivity contribution in [3.05, 3.63) is 34.6 Å². The summed E-state index contributed by atoms with van der Waals surface area (Å²) in [6.07, 6.45) is 12.4. The molecule has 1 saturated carbocycles. The Kier molecular flexibility index (Phi) is 4.51. The highest BCUT2D eigenvalue weighted by Crippen LogP contribution is 2.63. The molecular formula is C23H36O. The molecule has 0 saturated heterocycles. The molecule has 3 aliphatic carbocycles. The molecule has 3 rings (SSSR count). The van der Waals surface area contributed by atoms with E-state index in [1.807, 2.05) is 0 Å². The van der Waals surface area contributed by atoms with Crippen molar-refractivity contribution < 1.29 is 5.11 Å². The molecule has 1 heteroatoms. The van der Waals surface area contributed by atoms with Crippen LogP contribution in [0.4, 0.5) is 0 Å². The zero-order chi connectivity index (χ0) is 17.7. The first kappa shape index (κ1) is 17.8. The van der Waals surface area contributed by atoms with Gasteiger partial charge in [-0.2, -0.15) is 0 Å². The molecule has 4 atom stereocenters. The third kappa shape index (κ3) is 2.59. The van der Waals surface area contributed by atoms with Gasteiger partial charge in [0.25, 0.3) is 0 Å². The van der Waals surface area contributed by atoms with Crippen molar-refractivity contribution in [2.45, 2.75) is 80.1 Å². The van der Waals surface area contributed by atoms with Crippen LogP contribution in [0.15, 0.2) is 34.6 Å². The van der Waals surface area contributed by atoms with Gasteiger partial charge in [-0.1, -0.05) is 51.8 Å². The molecule has 1 nitrogen and oxygen atoms in total. The van der Waals surface area contributed by atoms with Gasteiger partial charge in [-0.05, 0) is 80.3 Å². The Morgan fingerprint density at radius 1 is 1.21 bits per heavy atom. The van der Waals surface area contributed by atoms with Crippen molar-refractivity contribution in [3.63, 3.8) is 0 Å². The van der Waals surface area contributed by atoms with Crippen LogP contribution in [-0.4, -0.2) is 5.11 Å². The number of hydrogen-bond donors (Lipinski definition) is 1. The topological polar surface area (TPSA) is 20.2 Å². The summed E-state index contributed by atoms with van der Waals surface area (Å²) in [5.41, 5.74) is 4.62. The maximum atomic E-state index is 10.9. The van der Waals surface area contributed by atoms with Crippen molar-refractivity contribution >= 4 is 0 Å². The van der Waals surface area contributed by atoms with Crippen LogP contribution in [-0.2, 0) is 0 Å². The summed E-state index contributed by atoms with van der Waals surface area (Å²) >= 11 is 0. The Morgan fingerprint density at radius 2 is 1.92 bits per heavy atom. The molecule has 0 spiro atoms. The maximum Gasteiger partial charge on any atom is 0.0970 e. The minimum Gasteiger partial charge on any atom is -0.512 e. The van der Waals surface area contributed by atoms with Crippen LogP contribution in [0.5, 0.6) is 0 Å². The fourth-order valence-electron chi connectivity index (χ4n) is 6.20. The van der Waals surface area contributed by atoms with Crippen molar-refractivity contribution in [3.8, 4) is 0 Å². The minimum absolute atomic E-state index is 0.0457. The monoisotopic (exact) mass is 328 g/mol. The third-order valence-electron chi connectivity index (χ3n) is 7.59. The molecule has 1 N–H and O–H groups in total. The number of fused-ring (bicyclic) bond motifs is 3. The maximum absolute atomic E-state index is 10.9. The van der Waals surface area contributed by atoms with Crippen molar-refractivity contribution in [1.29, 1.82) is 0 Å². The molecule has 134 valence electrons. The van der Waals surface area contributed by atoms with Crippen LogP contribution in [0.25, 0.3) is 0 Å². The molecule has 0 radical (unpaired) electrons. The molecule has 0 aromatic rings. The SMILES string of the molecule is CC(C)=C(O)C1(C)CCCC2(C)C3CCC(C(C)C)=CC3=CCC12. The first-order valence-electron chi connectivity index (χ1n) is 9.97. The molecular weight excluding hydrogens is 292 g/mol. The minimum atomic E-state index is -0.0457. The molecule has 1 fully saturated rings. The molecule has 0 aliphatic heterocycles. The average Bonchev–Trinajstić information content (AvgIpc) is 2.53. The Labute approximate surface area is 148 Å². The van der Waals surface area contributed by atoms with Crippen molar-refractivity contribution in [2.75, 3.05) is 0 Å². The first-order chi connectivity index (χ1) is 11.2. The van der Waals surface area contributed by atoms with E-state index in [1.165, 1.54) is 25.7 Å². The van der Waals surface area contributed by atoms with E-state index < -0.39 is 0 Å². The second kappa shape index (κ2) is 6.07. The molecule has 0 heterocycles. The lowest BCUT2D eigenvalue weighted by atomic mass is 9.46. The van der Waals surface area contributed by atoms with Gasteiger partial charge in [-0.15, -0.1) is 0 Å². The molecule has 0 bridgehead atoms. The third-order valence-corrected chi connectivity index (χ3v) is 7.59. The average molecular weight is 329 g/mol. The van der Waals surface area contributed by atoms with E-state index in [4.69, 9.17) is 0 Å². The van der Waals surface area contributed by atoms with E-state index in [9.17, 15) is 5.11 Å². The van der Waals surface area contributed by atoms with E-state index in [-0.39, 0.29) is 5.41 Å². The van der Waals surface area contributed by atoms with Gasteiger partial charge in [0.2, 0.25) is 0 Å². The summed E-state index contributed by atoms with van der Waals surface area (Å²) in [7, 11) is 0. The van der Waals surface area contributed by atoms with Gasteiger partial charge in [0.1, 0.15) is 0 Å². The lowest BCUT2D eigenvalue weighted by molar-refractivity contribution is -0.0480. The Balaban J connectivity index is 2.02.